The molecule has 0 bridgehead atoms. The molecule has 2 aromatic carbocycles. The number of fused-ring (bicyclic) bond motifs is 1. The second kappa shape index (κ2) is 9.14. The van der Waals surface area contributed by atoms with Crippen molar-refractivity contribution in [3.63, 3.8) is 0 Å². The summed E-state index contributed by atoms with van der Waals surface area (Å²) in [4.78, 5) is 30.8. The zero-order valence-corrected chi connectivity index (χ0v) is 18.2. The summed E-state index contributed by atoms with van der Waals surface area (Å²) < 4.78 is 7.18. The van der Waals surface area contributed by atoms with E-state index < -0.39 is 0 Å². The number of amides is 1. The Morgan fingerprint density at radius 1 is 1.03 bits per heavy atom. The highest BCUT2D eigenvalue weighted by atomic mass is 32.1. The Morgan fingerprint density at radius 2 is 1.81 bits per heavy atom. The summed E-state index contributed by atoms with van der Waals surface area (Å²) >= 11 is 1.41. The third kappa shape index (κ3) is 4.36. The molecule has 1 amide bonds. The minimum atomic E-state index is -0.377. The van der Waals surface area contributed by atoms with Gasteiger partial charge in [0.15, 0.2) is 5.82 Å². The summed E-state index contributed by atoms with van der Waals surface area (Å²) in [6.45, 7) is 5.09. The smallest absolute Gasteiger partial charge is 0.338 e. The molecule has 158 valence electrons. The molecule has 2 heterocycles. The van der Waals surface area contributed by atoms with Crippen molar-refractivity contribution in [1.29, 1.82) is 0 Å². The molecule has 31 heavy (non-hydrogen) atoms. The highest BCUT2D eigenvalue weighted by Crippen LogP contribution is 2.31. The van der Waals surface area contributed by atoms with E-state index >= 15 is 0 Å². The summed E-state index contributed by atoms with van der Waals surface area (Å²) in [6, 6.07) is 18.5. The van der Waals surface area contributed by atoms with Crippen LogP contribution in [0, 0.1) is 0 Å². The van der Waals surface area contributed by atoms with Gasteiger partial charge in [-0.05, 0) is 61.9 Å². The third-order valence-electron chi connectivity index (χ3n) is 4.81. The van der Waals surface area contributed by atoms with Gasteiger partial charge in [0.2, 0.25) is 0 Å². The van der Waals surface area contributed by atoms with Gasteiger partial charge >= 0.3 is 5.97 Å². The van der Waals surface area contributed by atoms with Crippen molar-refractivity contribution in [2.45, 2.75) is 26.8 Å². The molecule has 0 unspecified atom stereocenters. The number of benzene rings is 2. The predicted molar refractivity (Wildman–Crippen MR) is 124 cm³/mol. The molecule has 7 heteroatoms. The van der Waals surface area contributed by atoms with Crippen molar-refractivity contribution < 1.29 is 14.3 Å². The van der Waals surface area contributed by atoms with E-state index in [9.17, 15) is 9.59 Å². The minimum absolute atomic E-state index is 0.196. The van der Waals surface area contributed by atoms with Crippen LogP contribution in [0.25, 0.3) is 21.7 Å². The number of thiophene rings is 1. The van der Waals surface area contributed by atoms with Crippen molar-refractivity contribution in [2.24, 2.45) is 0 Å². The fourth-order valence-electron chi connectivity index (χ4n) is 3.39. The summed E-state index contributed by atoms with van der Waals surface area (Å²) in [5, 5.41) is 2.88. The van der Waals surface area contributed by atoms with Gasteiger partial charge in [0.05, 0.1) is 33.0 Å². The lowest BCUT2D eigenvalue weighted by Gasteiger charge is -2.06. The molecule has 0 aliphatic rings. The summed E-state index contributed by atoms with van der Waals surface area (Å²) in [6.07, 6.45) is 0.994. The van der Waals surface area contributed by atoms with Crippen LogP contribution in [0.2, 0.25) is 0 Å². The molecule has 4 rings (SSSR count). The number of imidazole rings is 1. The van der Waals surface area contributed by atoms with Crippen LogP contribution < -0.4 is 5.32 Å². The van der Waals surface area contributed by atoms with Gasteiger partial charge in [-0.1, -0.05) is 19.1 Å². The number of ether oxygens (including phenoxy) is 1. The number of hydrogen-bond donors (Lipinski definition) is 1. The molecule has 6 nitrogen and oxygen atoms in total. The largest absolute Gasteiger partial charge is 0.462 e. The van der Waals surface area contributed by atoms with E-state index in [4.69, 9.17) is 9.72 Å². The van der Waals surface area contributed by atoms with E-state index in [2.05, 4.69) is 22.9 Å². The second-order valence-electron chi connectivity index (χ2n) is 6.99. The lowest BCUT2D eigenvalue weighted by molar-refractivity contribution is 0.0526. The second-order valence-corrected chi connectivity index (χ2v) is 8.08. The van der Waals surface area contributed by atoms with Crippen LogP contribution in [-0.2, 0) is 11.3 Å². The lowest BCUT2D eigenvalue weighted by Crippen LogP contribution is -2.10. The molecular weight excluding hydrogens is 410 g/mol. The number of para-hydroxylation sites is 2. The fourth-order valence-corrected chi connectivity index (χ4v) is 4.29. The Labute approximate surface area is 184 Å². The number of anilines is 1. The SMILES string of the molecule is CCCn1c(-c2ccc(C(=O)Nc3ccc(C(=O)OCC)cc3)s2)nc2ccccc21. The van der Waals surface area contributed by atoms with Gasteiger partial charge in [-0.3, -0.25) is 4.79 Å². The van der Waals surface area contributed by atoms with Crippen LogP contribution in [0.3, 0.4) is 0 Å². The summed E-state index contributed by atoms with van der Waals surface area (Å²) in [7, 11) is 0. The van der Waals surface area contributed by atoms with Crippen molar-refractivity contribution >= 4 is 39.9 Å². The highest BCUT2D eigenvalue weighted by Gasteiger charge is 2.16. The van der Waals surface area contributed by atoms with Crippen LogP contribution in [0.1, 0.15) is 40.3 Å². The topological polar surface area (TPSA) is 73.2 Å². The van der Waals surface area contributed by atoms with Crippen LogP contribution in [0.15, 0.2) is 60.7 Å². The number of aromatic nitrogens is 2. The van der Waals surface area contributed by atoms with E-state index in [1.165, 1.54) is 11.3 Å². The number of esters is 1. The first-order valence-electron chi connectivity index (χ1n) is 10.2. The molecule has 0 saturated carbocycles. The van der Waals surface area contributed by atoms with Crippen molar-refractivity contribution in [3.8, 4) is 10.7 Å². The molecule has 0 radical (unpaired) electrons. The average molecular weight is 434 g/mol. The van der Waals surface area contributed by atoms with E-state index in [1.807, 2.05) is 30.3 Å². The van der Waals surface area contributed by atoms with Gasteiger partial charge in [0.25, 0.3) is 5.91 Å². The van der Waals surface area contributed by atoms with E-state index in [0.717, 1.165) is 34.7 Å². The standard InChI is InChI=1S/C24H23N3O3S/c1-3-15-27-19-8-6-5-7-18(19)26-22(27)20-13-14-21(31-20)23(28)25-17-11-9-16(10-12-17)24(29)30-4-2/h5-14H,3-4,15H2,1-2H3,(H,25,28). The Bertz CT molecular complexity index is 1220. The van der Waals surface area contributed by atoms with Gasteiger partial charge in [-0.2, -0.15) is 0 Å². The van der Waals surface area contributed by atoms with Crippen LogP contribution in [0.5, 0.6) is 0 Å². The van der Waals surface area contributed by atoms with Gasteiger partial charge < -0.3 is 14.6 Å². The number of rotatable bonds is 7. The molecule has 0 saturated heterocycles. The Hall–Kier alpha value is -3.45. The predicted octanol–water partition coefficient (Wildman–Crippen LogP) is 5.60. The molecule has 0 aliphatic carbocycles. The van der Waals surface area contributed by atoms with Crippen LogP contribution >= 0.6 is 11.3 Å². The van der Waals surface area contributed by atoms with Crippen LogP contribution in [0.4, 0.5) is 5.69 Å². The Balaban J connectivity index is 1.54. The molecule has 1 N–H and O–H groups in total. The molecular formula is C24H23N3O3S. The number of carbonyl (C=O) groups is 2. The van der Waals surface area contributed by atoms with E-state index in [1.54, 1.807) is 31.2 Å². The van der Waals surface area contributed by atoms with E-state index in [-0.39, 0.29) is 11.9 Å². The first kappa shape index (κ1) is 20.8. The van der Waals surface area contributed by atoms with Crippen molar-refractivity contribution in [2.75, 3.05) is 11.9 Å². The number of carbonyl (C=O) groups excluding carboxylic acids is 2. The molecule has 4 aromatic rings. The maximum atomic E-state index is 12.7. The molecule has 0 aliphatic heterocycles. The third-order valence-corrected chi connectivity index (χ3v) is 5.89. The summed E-state index contributed by atoms with van der Waals surface area (Å²) in [5.74, 6) is 0.308. The van der Waals surface area contributed by atoms with Gasteiger partial charge in [0, 0.05) is 12.2 Å². The first-order valence-corrected chi connectivity index (χ1v) is 11.1. The normalized spacial score (nSPS) is 10.9. The van der Waals surface area contributed by atoms with Crippen molar-refractivity contribution in [3.05, 3.63) is 71.1 Å². The Morgan fingerprint density at radius 3 is 2.55 bits per heavy atom. The molecule has 0 fully saturated rings. The Kier molecular flexibility index (Phi) is 6.13. The monoisotopic (exact) mass is 433 g/mol. The fraction of sp³-hybridized carbons (Fsp3) is 0.208. The zero-order chi connectivity index (χ0) is 21.8. The molecule has 2 aromatic heterocycles. The number of nitrogens with one attached hydrogen (secondary N) is 1. The average Bonchev–Trinajstić information content (AvgIpc) is 3.40. The maximum absolute atomic E-state index is 12.7. The molecule has 0 spiro atoms. The van der Waals surface area contributed by atoms with Gasteiger partial charge in [-0.15, -0.1) is 11.3 Å². The molecule has 0 atom stereocenters. The number of aryl methyl sites for hydroxylation is 1. The zero-order valence-electron chi connectivity index (χ0n) is 17.4. The highest BCUT2D eigenvalue weighted by molar-refractivity contribution is 7.17. The van der Waals surface area contributed by atoms with Gasteiger partial charge in [0.1, 0.15) is 0 Å². The number of nitrogens with zero attached hydrogens (tertiary/aromatic N) is 2. The quantitative estimate of drug-likeness (QED) is 0.385. The summed E-state index contributed by atoms with van der Waals surface area (Å²) in [5.41, 5.74) is 3.12. The van der Waals surface area contributed by atoms with E-state index in [0.29, 0.717) is 22.7 Å². The minimum Gasteiger partial charge on any atom is -0.462 e. The van der Waals surface area contributed by atoms with Crippen molar-refractivity contribution in [1.82, 2.24) is 9.55 Å². The maximum Gasteiger partial charge on any atom is 0.338 e. The lowest BCUT2D eigenvalue weighted by atomic mass is 10.2. The first-order chi connectivity index (χ1) is 15.1. The van der Waals surface area contributed by atoms with Gasteiger partial charge in [-0.25, -0.2) is 9.78 Å². The van der Waals surface area contributed by atoms with Crippen LogP contribution in [-0.4, -0.2) is 28.0 Å². The number of hydrogen-bond acceptors (Lipinski definition) is 5.